The van der Waals surface area contributed by atoms with E-state index in [2.05, 4.69) is 4.99 Å². The first-order valence-corrected chi connectivity index (χ1v) is 8.62. The molecule has 0 aliphatic heterocycles. The van der Waals surface area contributed by atoms with Crippen molar-refractivity contribution in [2.45, 2.75) is 51.7 Å². The number of hydrogen-bond acceptors (Lipinski definition) is 2. The Labute approximate surface area is 153 Å². The molecule has 146 valence electrons. The van der Waals surface area contributed by atoms with E-state index in [4.69, 9.17) is 4.52 Å². The molecule has 1 fully saturated rings. The number of aromatic nitrogens is 1. The minimum atomic E-state index is -4.68. The summed E-state index contributed by atoms with van der Waals surface area (Å²) in [6, 6.07) is 3.28. The summed E-state index contributed by atoms with van der Waals surface area (Å²) in [7, 11) is 0. The van der Waals surface area contributed by atoms with E-state index in [9.17, 15) is 22.4 Å². The molecule has 3 rings (SSSR count). The Hall–Kier alpha value is -2.38. The number of carbonyl (C=O) groups is 1. The highest BCUT2D eigenvalue weighted by Crippen LogP contribution is 2.32. The van der Waals surface area contributed by atoms with Gasteiger partial charge in [0.2, 0.25) is 0 Å². The Bertz CT molecular complexity index is 928. The molecule has 2 aromatic rings. The number of rotatable bonds is 3. The molecule has 0 N–H and O–H groups in total. The maximum atomic E-state index is 13.9. The lowest BCUT2D eigenvalue weighted by Crippen LogP contribution is -2.19. The third-order valence-electron chi connectivity index (χ3n) is 4.32. The van der Waals surface area contributed by atoms with Crippen molar-refractivity contribution in [3.05, 3.63) is 52.5 Å². The van der Waals surface area contributed by atoms with E-state index in [0.717, 1.165) is 12.8 Å². The van der Waals surface area contributed by atoms with Gasteiger partial charge in [-0.3, -0.25) is 4.79 Å². The van der Waals surface area contributed by atoms with Crippen molar-refractivity contribution in [3.8, 4) is 0 Å². The van der Waals surface area contributed by atoms with Crippen molar-refractivity contribution in [1.29, 1.82) is 0 Å². The zero-order valence-electron chi connectivity index (χ0n) is 15.2. The minimum Gasteiger partial charge on any atom is -0.382 e. The van der Waals surface area contributed by atoms with Crippen molar-refractivity contribution in [2.75, 3.05) is 0 Å². The van der Waals surface area contributed by atoms with Gasteiger partial charge in [0.1, 0.15) is 11.6 Å². The van der Waals surface area contributed by atoms with E-state index in [1.165, 1.54) is 4.74 Å². The van der Waals surface area contributed by atoms with Gasteiger partial charge in [0.25, 0.3) is 5.91 Å². The molecule has 0 radical (unpaired) electrons. The molecule has 8 heteroatoms. The first-order valence-electron chi connectivity index (χ1n) is 8.62. The molecule has 1 saturated carbocycles. The number of amides is 1. The molecule has 1 aromatic heterocycles. The maximum Gasteiger partial charge on any atom is 0.416 e. The van der Waals surface area contributed by atoms with E-state index < -0.39 is 29.0 Å². The molecule has 1 amide bonds. The number of nitrogens with zero attached hydrogens (tertiary/aromatic N) is 2. The quantitative estimate of drug-likeness (QED) is 0.721. The van der Waals surface area contributed by atoms with E-state index in [0.29, 0.717) is 36.4 Å². The number of alkyl halides is 3. The lowest BCUT2D eigenvalue weighted by molar-refractivity contribution is -0.137. The van der Waals surface area contributed by atoms with Crippen LogP contribution in [0.2, 0.25) is 0 Å². The fourth-order valence-electron chi connectivity index (χ4n) is 2.52. The van der Waals surface area contributed by atoms with Crippen LogP contribution >= 0.6 is 0 Å². The molecule has 0 bridgehead atoms. The smallest absolute Gasteiger partial charge is 0.382 e. The second kappa shape index (κ2) is 6.65. The molecule has 1 aromatic carbocycles. The second-order valence-electron chi connectivity index (χ2n) is 7.82. The van der Waals surface area contributed by atoms with Crippen LogP contribution in [0.3, 0.4) is 0 Å². The summed E-state index contributed by atoms with van der Waals surface area (Å²) in [4.78, 5) is 16.2. The molecule has 1 heterocycles. The molecule has 1 aliphatic carbocycles. The van der Waals surface area contributed by atoms with Gasteiger partial charge in [-0.2, -0.15) is 22.9 Å². The molecule has 0 saturated heterocycles. The molecule has 4 nitrogen and oxygen atoms in total. The summed E-state index contributed by atoms with van der Waals surface area (Å²) in [5.74, 6) is -1.13. The van der Waals surface area contributed by atoms with Crippen LogP contribution in [-0.2, 0) is 18.1 Å². The minimum absolute atomic E-state index is 0.175. The topological polar surface area (TPSA) is 47.5 Å². The maximum absolute atomic E-state index is 13.9. The molecule has 27 heavy (non-hydrogen) atoms. The number of carbonyl (C=O) groups excluding carboxylic acids is 1. The van der Waals surface area contributed by atoms with Crippen molar-refractivity contribution < 1.29 is 26.9 Å². The Balaban J connectivity index is 2.03. The van der Waals surface area contributed by atoms with Gasteiger partial charge in [-0.1, -0.05) is 20.8 Å². The fourth-order valence-corrected chi connectivity index (χ4v) is 2.52. The fraction of sp³-hybridized carbons (Fsp3) is 0.474. The summed E-state index contributed by atoms with van der Waals surface area (Å²) in [6.45, 7) is 6.29. The van der Waals surface area contributed by atoms with Crippen LogP contribution in [-0.4, -0.2) is 10.6 Å². The van der Waals surface area contributed by atoms with Crippen molar-refractivity contribution in [3.63, 3.8) is 0 Å². The van der Waals surface area contributed by atoms with Gasteiger partial charge in [0.15, 0.2) is 5.49 Å². The SMILES string of the molecule is CC(C)(C)c1c/c(=N\C(=O)c2cc(C(F)(F)F)ccc2F)n(CC2CC2)o1. The van der Waals surface area contributed by atoms with Gasteiger partial charge in [0.05, 0.1) is 17.7 Å². The molecule has 0 spiro atoms. The summed E-state index contributed by atoms with van der Waals surface area (Å²) >= 11 is 0. The van der Waals surface area contributed by atoms with Crippen LogP contribution in [0.5, 0.6) is 0 Å². The molecule has 0 atom stereocenters. The lowest BCUT2D eigenvalue weighted by atomic mass is 9.94. The largest absolute Gasteiger partial charge is 0.416 e. The van der Waals surface area contributed by atoms with Crippen molar-refractivity contribution in [1.82, 2.24) is 4.74 Å². The van der Waals surface area contributed by atoms with E-state index >= 15 is 0 Å². The van der Waals surface area contributed by atoms with Gasteiger partial charge >= 0.3 is 6.18 Å². The summed E-state index contributed by atoms with van der Waals surface area (Å²) in [5.41, 5.74) is -1.99. The average Bonchev–Trinajstić information content (AvgIpc) is 3.26. The first-order chi connectivity index (χ1) is 12.4. The lowest BCUT2D eigenvalue weighted by Gasteiger charge is -2.13. The predicted octanol–water partition coefficient (Wildman–Crippen LogP) is 4.69. The number of halogens is 4. The third kappa shape index (κ3) is 4.48. The Morgan fingerprint density at radius 1 is 1.22 bits per heavy atom. The van der Waals surface area contributed by atoms with Crippen LogP contribution in [0.25, 0.3) is 0 Å². The highest BCUT2D eigenvalue weighted by atomic mass is 19.4. The number of hydrogen-bond donors (Lipinski definition) is 0. The van der Waals surface area contributed by atoms with E-state index in [1.807, 2.05) is 20.8 Å². The first kappa shape index (κ1) is 19.4. The van der Waals surface area contributed by atoms with Crippen LogP contribution in [0.15, 0.2) is 33.8 Å². The predicted molar refractivity (Wildman–Crippen MR) is 89.4 cm³/mol. The summed E-state index contributed by atoms with van der Waals surface area (Å²) in [5, 5.41) is 0. The molecular weight excluding hydrogens is 364 g/mol. The Morgan fingerprint density at radius 2 is 1.89 bits per heavy atom. The van der Waals surface area contributed by atoms with Gasteiger partial charge in [0, 0.05) is 11.5 Å². The highest BCUT2D eigenvalue weighted by molar-refractivity contribution is 5.95. The third-order valence-corrected chi connectivity index (χ3v) is 4.32. The molecular formula is C19H20F4N2O2. The van der Waals surface area contributed by atoms with Crippen LogP contribution in [0, 0.1) is 11.7 Å². The summed E-state index contributed by atoms with van der Waals surface area (Å²) < 4.78 is 59.7. The van der Waals surface area contributed by atoms with Crippen LogP contribution < -0.4 is 5.49 Å². The number of benzene rings is 1. The van der Waals surface area contributed by atoms with Crippen LogP contribution in [0.1, 0.15) is 55.3 Å². The monoisotopic (exact) mass is 384 g/mol. The van der Waals surface area contributed by atoms with Crippen LogP contribution in [0.4, 0.5) is 17.6 Å². The van der Waals surface area contributed by atoms with Gasteiger partial charge < -0.3 is 4.52 Å². The zero-order chi connectivity index (χ0) is 20.0. The normalized spacial score (nSPS) is 16.0. The highest BCUT2D eigenvalue weighted by Gasteiger charge is 2.32. The van der Waals surface area contributed by atoms with Gasteiger partial charge in [-0.25, -0.2) is 4.39 Å². The standard InChI is InChI=1S/C19H20F4N2O2/c1-18(2,3)15-9-16(25(27-15)10-11-4-5-11)24-17(26)13-8-12(19(21,22)23)6-7-14(13)20/h6-9,11H,4-5,10H2,1-3H3/b24-16+. The van der Waals surface area contributed by atoms with Gasteiger partial charge in [-0.05, 0) is 37.0 Å². The molecule has 0 unspecified atom stereocenters. The van der Waals surface area contributed by atoms with Crippen molar-refractivity contribution >= 4 is 5.91 Å². The molecule has 1 aliphatic rings. The Morgan fingerprint density at radius 3 is 2.44 bits per heavy atom. The van der Waals surface area contributed by atoms with E-state index in [-0.39, 0.29) is 10.9 Å². The van der Waals surface area contributed by atoms with Gasteiger partial charge in [-0.15, -0.1) is 0 Å². The Kier molecular flexibility index (Phi) is 4.78. The van der Waals surface area contributed by atoms with Crippen molar-refractivity contribution in [2.24, 2.45) is 10.9 Å². The second-order valence-corrected chi connectivity index (χ2v) is 7.82. The zero-order valence-corrected chi connectivity index (χ0v) is 15.2. The summed E-state index contributed by atoms with van der Waals surface area (Å²) in [6.07, 6.45) is -2.61. The van der Waals surface area contributed by atoms with E-state index in [1.54, 1.807) is 6.07 Å². The average molecular weight is 384 g/mol.